The van der Waals surface area contributed by atoms with Gasteiger partial charge in [0, 0.05) is 10.7 Å². The number of hydrogen-bond acceptors (Lipinski definition) is 4. The van der Waals surface area contributed by atoms with Gasteiger partial charge >= 0.3 is 0 Å². The summed E-state index contributed by atoms with van der Waals surface area (Å²) in [6, 6.07) is 11.1. The van der Waals surface area contributed by atoms with Crippen LogP contribution in [-0.4, -0.2) is 4.98 Å². The van der Waals surface area contributed by atoms with Crippen LogP contribution in [0.2, 0.25) is 0 Å². The third-order valence-corrected chi connectivity index (χ3v) is 2.62. The molecule has 5 heteroatoms. The third kappa shape index (κ3) is 2.55. The molecule has 0 aliphatic heterocycles. The van der Waals surface area contributed by atoms with Crippen molar-refractivity contribution in [2.45, 2.75) is 0 Å². The van der Waals surface area contributed by atoms with Gasteiger partial charge in [-0.1, -0.05) is 12.1 Å². The van der Waals surface area contributed by atoms with Gasteiger partial charge in [0.1, 0.15) is 6.07 Å². The van der Waals surface area contributed by atoms with Crippen LogP contribution in [0.25, 0.3) is 0 Å². The van der Waals surface area contributed by atoms with Crippen molar-refractivity contribution in [3.8, 4) is 6.07 Å². The van der Waals surface area contributed by atoms with E-state index < -0.39 is 0 Å². The van der Waals surface area contributed by atoms with Crippen LogP contribution < -0.4 is 11.1 Å². The number of hydrogen-bond donors (Lipinski definition) is 2. The van der Waals surface area contributed by atoms with E-state index in [0.29, 0.717) is 22.8 Å². The molecule has 0 amide bonds. The van der Waals surface area contributed by atoms with Crippen molar-refractivity contribution in [1.29, 1.82) is 5.26 Å². The molecule has 1 aromatic heterocycles. The summed E-state index contributed by atoms with van der Waals surface area (Å²) in [5, 5.41) is 12.0. The Labute approximate surface area is 107 Å². The number of anilines is 3. The van der Waals surface area contributed by atoms with E-state index in [1.807, 2.05) is 18.2 Å². The number of halogens is 1. The van der Waals surface area contributed by atoms with E-state index in [4.69, 9.17) is 11.0 Å². The van der Waals surface area contributed by atoms with E-state index >= 15 is 0 Å². The van der Waals surface area contributed by atoms with Crippen LogP contribution >= 0.6 is 15.9 Å². The molecule has 0 radical (unpaired) electrons. The van der Waals surface area contributed by atoms with Crippen molar-refractivity contribution in [3.63, 3.8) is 0 Å². The summed E-state index contributed by atoms with van der Waals surface area (Å²) >= 11 is 3.29. The first kappa shape index (κ1) is 11.4. The third-order valence-electron chi connectivity index (χ3n) is 2.18. The molecule has 2 rings (SSSR count). The van der Waals surface area contributed by atoms with Gasteiger partial charge in [0.25, 0.3) is 0 Å². The number of nitrogens with zero attached hydrogens (tertiary/aromatic N) is 2. The second-order valence-electron chi connectivity index (χ2n) is 3.37. The maximum atomic E-state index is 8.96. The van der Waals surface area contributed by atoms with E-state index in [2.05, 4.69) is 32.3 Å². The Morgan fingerprint density at radius 1 is 1.35 bits per heavy atom. The van der Waals surface area contributed by atoms with E-state index in [1.54, 1.807) is 18.3 Å². The quantitative estimate of drug-likeness (QED) is 0.891. The van der Waals surface area contributed by atoms with Gasteiger partial charge in [-0.25, -0.2) is 4.98 Å². The molecule has 0 unspecified atom stereocenters. The minimum absolute atomic E-state index is 0.520. The molecule has 17 heavy (non-hydrogen) atoms. The summed E-state index contributed by atoms with van der Waals surface area (Å²) in [5.74, 6) is 0.538. The number of benzene rings is 1. The number of nitrogen functional groups attached to an aromatic ring is 1. The minimum atomic E-state index is 0.520. The van der Waals surface area contributed by atoms with Crippen LogP contribution in [0.5, 0.6) is 0 Å². The fourth-order valence-corrected chi connectivity index (χ4v) is 1.73. The second kappa shape index (κ2) is 4.85. The van der Waals surface area contributed by atoms with Crippen LogP contribution in [0.15, 0.2) is 41.0 Å². The Bertz CT molecular complexity index is 589. The minimum Gasteiger partial charge on any atom is -0.396 e. The number of pyridine rings is 1. The topological polar surface area (TPSA) is 74.7 Å². The van der Waals surface area contributed by atoms with Crippen LogP contribution in [0.1, 0.15) is 5.56 Å². The zero-order chi connectivity index (χ0) is 12.3. The lowest BCUT2D eigenvalue weighted by molar-refractivity contribution is 1.29. The first-order valence-corrected chi connectivity index (χ1v) is 5.67. The lowest BCUT2D eigenvalue weighted by Crippen LogP contribution is -2.00. The van der Waals surface area contributed by atoms with Crippen molar-refractivity contribution < 1.29 is 0 Å². The average molecular weight is 289 g/mol. The van der Waals surface area contributed by atoms with E-state index in [-0.39, 0.29) is 0 Å². The Morgan fingerprint density at radius 3 is 2.82 bits per heavy atom. The van der Waals surface area contributed by atoms with Crippen molar-refractivity contribution in [3.05, 3.63) is 46.6 Å². The van der Waals surface area contributed by atoms with Crippen molar-refractivity contribution in [2.75, 3.05) is 11.1 Å². The van der Waals surface area contributed by atoms with Gasteiger partial charge in [0.15, 0.2) is 5.82 Å². The van der Waals surface area contributed by atoms with E-state index in [1.165, 1.54) is 0 Å². The molecule has 0 spiro atoms. The highest BCUT2D eigenvalue weighted by Crippen LogP contribution is 2.25. The van der Waals surface area contributed by atoms with Gasteiger partial charge in [-0.2, -0.15) is 5.26 Å². The summed E-state index contributed by atoms with van der Waals surface area (Å²) in [4.78, 5) is 4.16. The summed E-state index contributed by atoms with van der Waals surface area (Å²) in [7, 11) is 0. The van der Waals surface area contributed by atoms with Gasteiger partial charge in [-0.3, -0.25) is 0 Å². The van der Waals surface area contributed by atoms with Crippen LogP contribution in [-0.2, 0) is 0 Å². The van der Waals surface area contributed by atoms with E-state index in [9.17, 15) is 0 Å². The maximum absolute atomic E-state index is 8.96. The van der Waals surface area contributed by atoms with Crippen molar-refractivity contribution >= 4 is 33.1 Å². The molecule has 1 aromatic carbocycles. The van der Waals surface area contributed by atoms with Gasteiger partial charge in [-0.15, -0.1) is 0 Å². The molecule has 0 saturated carbocycles. The lowest BCUT2D eigenvalue weighted by atomic mass is 10.2. The fraction of sp³-hybridized carbons (Fsp3) is 0. The molecule has 0 atom stereocenters. The van der Waals surface area contributed by atoms with Gasteiger partial charge in [0.2, 0.25) is 0 Å². The van der Waals surface area contributed by atoms with Gasteiger partial charge in [0.05, 0.1) is 16.9 Å². The molecule has 3 N–H and O–H groups in total. The normalized spacial score (nSPS) is 9.65. The predicted molar refractivity (Wildman–Crippen MR) is 70.8 cm³/mol. The molecule has 0 aliphatic carbocycles. The summed E-state index contributed by atoms with van der Waals surface area (Å²) in [5.41, 5.74) is 7.59. The van der Waals surface area contributed by atoms with E-state index in [0.717, 1.165) is 4.47 Å². The molecule has 0 aliphatic rings. The molecule has 2 aromatic rings. The smallest absolute Gasteiger partial charge is 0.153 e. The summed E-state index contributed by atoms with van der Waals surface area (Å²) in [6.07, 6.45) is 1.65. The van der Waals surface area contributed by atoms with Crippen LogP contribution in [0.4, 0.5) is 17.2 Å². The Balaban J connectivity index is 2.35. The maximum Gasteiger partial charge on any atom is 0.153 e. The Kier molecular flexibility index (Phi) is 3.26. The molecular formula is C12H9BrN4. The molecule has 1 heterocycles. The highest BCUT2D eigenvalue weighted by molar-refractivity contribution is 9.10. The number of para-hydroxylation sites is 1. The monoisotopic (exact) mass is 288 g/mol. The predicted octanol–water partition coefficient (Wildman–Crippen LogP) is 3.04. The molecule has 0 fully saturated rings. The molecule has 0 saturated heterocycles. The lowest BCUT2D eigenvalue weighted by Gasteiger charge is -2.09. The number of aromatic nitrogens is 1. The fourth-order valence-electron chi connectivity index (χ4n) is 1.38. The first-order chi connectivity index (χ1) is 8.20. The molecule has 4 nitrogen and oxygen atoms in total. The molecule has 0 bridgehead atoms. The van der Waals surface area contributed by atoms with Crippen LogP contribution in [0, 0.1) is 11.3 Å². The molecular weight excluding hydrogens is 280 g/mol. The average Bonchev–Trinajstić information content (AvgIpc) is 2.33. The number of rotatable bonds is 2. The standard InChI is InChI=1S/C12H9BrN4/c13-9-5-10(15)12(16-7-9)17-11-4-2-1-3-8(11)6-14/h1-5,7H,15H2,(H,16,17). The summed E-state index contributed by atoms with van der Waals surface area (Å²) < 4.78 is 0.814. The zero-order valence-corrected chi connectivity index (χ0v) is 10.4. The Morgan fingerprint density at radius 2 is 2.12 bits per heavy atom. The number of nitrogens with two attached hydrogens (primary N) is 1. The largest absolute Gasteiger partial charge is 0.396 e. The highest BCUT2D eigenvalue weighted by Gasteiger charge is 2.05. The summed E-state index contributed by atoms with van der Waals surface area (Å²) in [6.45, 7) is 0. The van der Waals surface area contributed by atoms with Crippen molar-refractivity contribution in [2.24, 2.45) is 0 Å². The van der Waals surface area contributed by atoms with Crippen molar-refractivity contribution in [1.82, 2.24) is 4.98 Å². The van der Waals surface area contributed by atoms with Crippen LogP contribution in [0.3, 0.4) is 0 Å². The van der Waals surface area contributed by atoms with Gasteiger partial charge < -0.3 is 11.1 Å². The molecule has 84 valence electrons. The van der Waals surface area contributed by atoms with Gasteiger partial charge in [-0.05, 0) is 34.1 Å². The highest BCUT2D eigenvalue weighted by atomic mass is 79.9. The SMILES string of the molecule is N#Cc1ccccc1Nc1ncc(Br)cc1N. The number of nitriles is 1. The first-order valence-electron chi connectivity index (χ1n) is 4.88. The zero-order valence-electron chi connectivity index (χ0n) is 8.81. The Hall–Kier alpha value is -2.06. The number of nitrogens with one attached hydrogen (secondary N) is 1. The second-order valence-corrected chi connectivity index (χ2v) is 4.29.